The maximum atomic E-state index is 12.9. The highest BCUT2D eigenvalue weighted by Crippen LogP contribution is 2.27. The molecule has 12 heteroatoms. The van der Waals surface area contributed by atoms with E-state index in [2.05, 4.69) is 33.4 Å². The summed E-state index contributed by atoms with van der Waals surface area (Å²) in [6, 6.07) is 16.2. The molecule has 1 aliphatic rings. The lowest BCUT2D eigenvalue weighted by molar-refractivity contribution is -0.207. The van der Waals surface area contributed by atoms with Gasteiger partial charge in [0, 0.05) is 37.3 Å². The second-order valence-electron chi connectivity index (χ2n) is 10.5. The monoisotopic (exact) mass is 592 g/mol. The predicted molar refractivity (Wildman–Crippen MR) is 162 cm³/mol. The molecule has 1 aliphatic heterocycles. The van der Waals surface area contributed by atoms with Crippen molar-refractivity contribution in [3.8, 4) is 11.1 Å². The molecule has 1 fully saturated rings. The number of aldehydes is 1. The fourth-order valence-corrected chi connectivity index (χ4v) is 3.61. The van der Waals surface area contributed by atoms with E-state index in [1.807, 2.05) is 43.4 Å². The molecule has 236 valence electrons. The summed E-state index contributed by atoms with van der Waals surface area (Å²) in [5.41, 5.74) is 7.42. The molecule has 0 aromatic heterocycles. The first kappa shape index (κ1) is 38.6. The molecule has 0 atom stereocenters. The van der Waals surface area contributed by atoms with Crippen LogP contribution in [0.15, 0.2) is 48.5 Å². The summed E-state index contributed by atoms with van der Waals surface area (Å²) in [5.74, 6) is -0.00718. The number of hydrogen-bond acceptors (Lipinski definition) is 10. The number of rotatable bonds is 9. The van der Waals surface area contributed by atoms with Gasteiger partial charge < -0.3 is 51.6 Å². The Morgan fingerprint density at radius 1 is 1.05 bits per heavy atom. The number of hydrogen-bond donors (Lipinski definition) is 8. The Morgan fingerprint density at radius 2 is 1.60 bits per heavy atom. The van der Waals surface area contributed by atoms with E-state index in [4.69, 9.17) is 30.3 Å². The van der Waals surface area contributed by atoms with E-state index in [0.29, 0.717) is 12.0 Å². The van der Waals surface area contributed by atoms with Crippen LogP contribution >= 0.6 is 0 Å². The summed E-state index contributed by atoms with van der Waals surface area (Å²) < 4.78 is 0. The zero-order valence-corrected chi connectivity index (χ0v) is 24.9. The van der Waals surface area contributed by atoms with Crippen molar-refractivity contribution in [1.29, 1.82) is 0 Å². The highest BCUT2D eigenvalue weighted by molar-refractivity contribution is 6.01. The number of carbonyl (C=O) groups excluding carboxylic acids is 3. The highest BCUT2D eigenvalue weighted by Gasteiger charge is 2.19. The molecule has 1 heterocycles. The summed E-state index contributed by atoms with van der Waals surface area (Å²) in [7, 11) is 2.03. The largest absolute Gasteiger partial charge is 0.391 e. The Balaban J connectivity index is 0.00000100. The quantitative estimate of drug-likeness (QED) is 0.116. The van der Waals surface area contributed by atoms with Gasteiger partial charge in [-0.2, -0.15) is 0 Å². The van der Waals surface area contributed by atoms with Crippen molar-refractivity contribution in [3.63, 3.8) is 0 Å². The fraction of sp³-hybridized carbons (Fsp3) is 0.500. The summed E-state index contributed by atoms with van der Waals surface area (Å²) in [6.07, 6.45) is 0.476. The summed E-state index contributed by atoms with van der Waals surface area (Å²) in [4.78, 5) is 34.2. The molecule has 12 nitrogen and oxygen atoms in total. The van der Waals surface area contributed by atoms with Gasteiger partial charge in [0.15, 0.2) is 0 Å². The number of aliphatic hydroxyl groups is 5. The fourth-order valence-electron chi connectivity index (χ4n) is 3.61. The second-order valence-corrected chi connectivity index (χ2v) is 10.5. The normalized spacial score (nSPS) is 12.9. The number of carbonyl (C=O) groups is 3. The van der Waals surface area contributed by atoms with Crippen molar-refractivity contribution in [2.24, 2.45) is 5.73 Å². The van der Waals surface area contributed by atoms with E-state index in [0.717, 1.165) is 62.0 Å². The number of benzene rings is 2. The molecule has 0 unspecified atom stereocenters. The molecule has 1 saturated heterocycles. The summed E-state index contributed by atoms with van der Waals surface area (Å²) in [5, 5.41) is 45.8. The van der Waals surface area contributed by atoms with Crippen molar-refractivity contribution in [2.45, 2.75) is 70.7 Å². The molecule has 0 bridgehead atoms. The van der Waals surface area contributed by atoms with Gasteiger partial charge >= 0.3 is 0 Å². The molecule has 0 aliphatic carbocycles. The van der Waals surface area contributed by atoms with Gasteiger partial charge in [-0.3, -0.25) is 9.59 Å². The van der Waals surface area contributed by atoms with Crippen LogP contribution in [0.3, 0.4) is 0 Å². The van der Waals surface area contributed by atoms with Gasteiger partial charge in [0.1, 0.15) is 6.29 Å². The molecule has 0 radical (unpaired) electrons. The lowest BCUT2D eigenvalue weighted by Gasteiger charge is -2.24. The Labute approximate surface area is 248 Å². The van der Waals surface area contributed by atoms with E-state index in [-0.39, 0.29) is 18.4 Å². The Hall–Kier alpha value is -3.39. The zero-order chi connectivity index (χ0) is 32.1. The molecule has 2 aromatic carbocycles. The average Bonchev–Trinajstić information content (AvgIpc) is 2.93. The van der Waals surface area contributed by atoms with Crippen LogP contribution in [-0.4, -0.2) is 95.0 Å². The van der Waals surface area contributed by atoms with E-state index in [1.165, 1.54) is 0 Å². The standard InChI is InChI=1S/C23H29N3O2.C4H10O.C2H6O4.CH3NO/c1-26(15-4-5-16-27)20-8-6-7-18(17-20)21-9-2-3-10-22(21)23(28)25-19-11-13-24-14-12-19;1-4(2,3)5;3-1(4)2(5)6;2-1-3/h2-3,6-10,16-17,19,24H,4-5,11-15H2,1H3,(H,25,28);5H,1-3H3;1-6H;1H,(H2,2,3). The average molecular weight is 593 g/mol. The van der Waals surface area contributed by atoms with Crippen LogP contribution in [0.25, 0.3) is 11.1 Å². The number of piperidine rings is 1. The minimum absolute atomic E-state index is 0.00718. The lowest BCUT2D eigenvalue weighted by Crippen LogP contribution is -2.42. The number of amides is 2. The lowest BCUT2D eigenvalue weighted by atomic mass is 9.97. The predicted octanol–water partition coefficient (Wildman–Crippen LogP) is 0.737. The van der Waals surface area contributed by atoms with Crippen molar-refractivity contribution in [2.75, 3.05) is 31.6 Å². The SMILES string of the molecule is CC(C)(C)O.CN(CCCC=O)c1cccc(-c2ccccc2C(=O)NC2CCNCC2)c1.NC=O.OC(O)C(O)O. The minimum atomic E-state index is -2.04. The number of nitrogens with two attached hydrogens (primary N) is 1. The van der Waals surface area contributed by atoms with E-state index >= 15 is 0 Å². The van der Waals surface area contributed by atoms with E-state index in [1.54, 1.807) is 20.8 Å². The molecule has 3 rings (SSSR count). The van der Waals surface area contributed by atoms with Crippen LogP contribution < -0.4 is 21.3 Å². The number of anilines is 1. The molecule has 2 amide bonds. The van der Waals surface area contributed by atoms with Gasteiger partial charge in [0.25, 0.3) is 5.91 Å². The summed E-state index contributed by atoms with van der Waals surface area (Å²) in [6.45, 7) is 7.95. The van der Waals surface area contributed by atoms with Crippen LogP contribution in [0, 0.1) is 0 Å². The number of nitrogens with zero attached hydrogens (tertiary/aromatic N) is 1. The Bertz CT molecular complexity index is 1030. The molecule has 0 spiro atoms. The van der Waals surface area contributed by atoms with E-state index < -0.39 is 18.2 Å². The molecular weight excluding hydrogens is 544 g/mol. The van der Waals surface area contributed by atoms with Gasteiger partial charge in [0.2, 0.25) is 19.0 Å². The maximum absolute atomic E-state index is 12.9. The van der Waals surface area contributed by atoms with Crippen LogP contribution in [0.5, 0.6) is 0 Å². The molecule has 42 heavy (non-hydrogen) atoms. The third kappa shape index (κ3) is 18.1. The topological polar surface area (TPSA) is 206 Å². The van der Waals surface area contributed by atoms with Gasteiger partial charge in [0.05, 0.1) is 5.60 Å². The maximum Gasteiger partial charge on any atom is 0.252 e. The number of unbranched alkanes of at least 4 members (excludes halogenated alkanes) is 1. The van der Waals surface area contributed by atoms with Crippen LogP contribution in [0.2, 0.25) is 0 Å². The first-order valence-corrected chi connectivity index (χ1v) is 13.7. The van der Waals surface area contributed by atoms with Crippen molar-refractivity contribution in [1.82, 2.24) is 10.6 Å². The summed E-state index contributed by atoms with van der Waals surface area (Å²) >= 11 is 0. The van der Waals surface area contributed by atoms with Crippen molar-refractivity contribution >= 4 is 24.3 Å². The first-order chi connectivity index (χ1) is 19.7. The molecular formula is C30H48N4O8. The number of aliphatic hydroxyl groups excluding tert-OH is 2. The zero-order valence-electron chi connectivity index (χ0n) is 24.9. The van der Waals surface area contributed by atoms with Gasteiger partial charge in [-0.25, -0.2) is 0 Å². The van der Waals surface area contributed by atoms with Gasteiger partial charge in [-0.15, -0.1) is 0 Å². The van der Waals surface area contributed by atoms with Crippen molar-refractivity contribution < 1.29 is 39.9 Å². The second kappa shape index (κ2) is 21.3. The van der Waals surface area contributed by atoms with Crippen LogP contribution in [0.4, 0.5) is 5.69 Å². The van der Waals surface area contributed by atoms with Crippen LogP contribution in [-0.2, 0) is 9.59 Å². The molecule has 2 aromatic rings. The van der Waals surface area contributed by atoms with E-state index in [9.17, 15) is 9.59 Å². The number of primary amides is 1. The van der Waals surface area contributed by atoms with Gasteiger partial charge in [-0.05, 0) is 82.4 Å². The first-order valence-electron chi connectivity index (χ1n) is 13.7. The van der Waals surface area contributed by atoms with Crippen LogP contribution in [0.1, 0.15) is 56.8 Å². The third-order valence-electron chi connectivity index (χ3n) is 5.53. The molecule has 0 saturated carbocycles. The Morgan fingerprint density at radius 3 is 2.12 bits per heavy atom. The van der Waals surface area contributed by atoms with Crippen molar-refractivity contribution in [3.05, 3.63) is 54.1 Å². The smallest absolute Gasteiger partial charge is 0.252 e. The minimum Gasteiger partial charge on any atom is -0.391 e. The highest BCUT2D eigenvalue weighted by atomic mass is 16.6. The Kier molecular flexibility index (Phi) is 19.6. The molecule has 9 N–H and O–H groups in total. The third-order valence-corrected chi connectivity index (χ3v) is 5.53. The van der Waals surface area contributed by atoms with Gasteiger partial charge in [-0.1, -0.05) is 30.3 Å². The number of nitrogens with one attached hydrogen (secondary N) is 2.